The third-order valence-electron chi connectivity index (χ3n) is 6.32. The van der Waals surface area contributed by atoms with Gasteiger partial charge in [-0.2, -0.15) is 0 Å². The number of ether oxygens (including phenoxy) is 2. The van der Waals surface area contributed by atoms with Crippen molar-refractivity contribution in [1.29, 1.82) is 0 Å². The van der Waals surface area contributed by atoms with Crippen LogP contribution in [0.4, 0.5) is 15.8 Å². The molecule has 0 aromatic heterocycles. The zero-order valence-corrected chi connectivity index (χ0v) is 21.2. The lowest BCUT2D eigenvalue weighted by Gasteiger charge is -2.38. The number of anilines is 2. The number of hydrogen-bond acceptors (Lipinski definition) is 5. The van der Waals surface area contributed by atoms with Gasteiger partial charge in [-0.05, 0) is 67.0 Å². The fraction of sp³-hybridized carbons (Fsp3) is 0.500. The molecule has 1 saturated heterocycles. The predicted octanol–water partition coefficient (Wildman–Crippen LogP) is 5.58. The van der Waals surface area contributed by atoms with E-state index in [4.69, 9.17) is 9.47 Å². The van der Waals surface area contributed by atoms with Gasteiger partial charge in [0.05, 0.1) is 17.8 Å². The van der Waals surface area contributed by atoms with Crippen molar-refractivity contribution in [2.24, 2.45) is 5.92 Å². The fourth-order valence-electron chi connectivity index (χ4n) is 4.58. The van der Waals surface area contributed by atoms with Gasteiger partial charge in [0.2, 0.25) is 5.91 Å². The molecule has 1 unspecified atom stereocenters. The Labute approximate surface area is 207 Å². The van der Waals surface area contributed by atoms with E-state index in [0.29, 0.717) is 43.3 Å². The Hall–Kier alpha value is -2.93. The van der Waals surface area contributed by atoms with Crippen molar-refractivity contribution in [3.05, 3.63) is 58.9 Å². The first-order valence-corrected chi connectivity index (χ1v) is 12.4. The van der Waals surface area contributed by atoms with Crippen LogP contribution in [0.3, 0.4) is 0 Å². The molecule has 1 aliphatic heterocycles. The van der Waals surface area contributed by atoms with Crippen LogP contribution in [0.5, 0.6) is 0 Å². The van der Waals surface area contributed by atoms with Crippen molar-refractivity contribution in [3.8, 4) is 0 Å². The molecule has 6 nitrogen and oxygen atoms in total. The highest BCUT2D eigenvalue weighted by atomic mass is 19.1. The summed E-state index contributed by atoms with van der Waals surface area (Å²) in [6.07, 6.45) is 1.94. The Balaban J connectivity index is 1.96. The minimum atomic E-state index is -0.409. The highest BCUT2D eigenvalue weighted by molar-refractivity contribution is 5.96. The zero-order valence-electron chi connectivity index (χ0n) is 21.2. The summed E-state index contributed by atoms with van der Waals surface area (Å²) in [7, 11) is 0. The van der Waals surface area contributed by atoms with E-state index >= 15 is 0 Å². The minimum Gasteiger partial charge on any atom is -0.460 e. The molecule has 0 bridgehead atoms. The number of benzene rings is 2. The lowest BCUT2D eigenvalue weighted by atomic mass is 10.0. The number of carbonyl (C=O) groups excluding carboxylic acids is 2. The van der Waals surface area contributed by atoms with E-state index < -0.39 is 6.10 Å². The number of hydrogen-bond donors (Lipinski definition) is 1. The standard InChI is InChI=1S/C28H37FN2O4/c1-5-27(35-18-32)22-8-9-26(31(17-19(2)3)23-10-12-34-13-11-23)25(15-22)30-28(33)16-21-7-6-20(4)14-24(21)29/h6-9,14-15,18-19,23,27H,5,10-13,16-17H2,1-4H3,(H,30,33). The smallest absolute Gasteiger partial charge is 0.293 e. The number of aryl methyl sites for hydroxylation is 1. The average molecular weight is 485 g/mol. The van der Waals surface area contributed by atoms with Crippen molar-refractivity contribution < 1.29 is 23.5 Å². The van der Waals surface area contributed by atoms with Gasteiger partial charge >= 0.3 is 0 Å². The largest absolute Gasteiger partial charge is 0.460 e. The Bertz CT molecular complexity index is 1000. The third kappa shape index (κ3) is 7.28. The zero-order chi connectivity index (χ0) is 25.4. The second kappa shape index (κ2) is 12.7. The molecule has 2 aromatic rings. The van der Waals surface area contributed by atoms with Crippen molar-refractivity contribution in [2.45, 2.75) is 65.5 Å². The second-order valence-electron chi connectivity index (χ2n) is 9.62. The first-order valence-electron chi connectivity index (χ1n) is 12.4. The maximum absolute atomic E-state index is 14.4. The summed E-state index contributed by atoms with van der Waals surface area (Å²) in [4.78, 5) is 26.4. The Kier molecular flexibility index (Phi) is 9.66. The first kappa shape index (κ1) is 26.7. The maximum atomic E-state index is 14.4. The van der Waals surface area contributed by atoms with E-state index in [1.807, 2.05) is 32.0 Å². The van der Waals surface area contributed by atoms with Gasteiger partial charge in [-0.15, -0.1) is 0 Å². The topological polar surface area (TPSA) is 67.9 Å². The SMILES string of the molecule is CCC(OC=O)c1ccc(N(CC(C)C)C2CCOCC2)c(NC(=O)Cc2ccc(C)cc2F)c1. The van der Waals surface area contributed by atoms with E-state index in [1.165, 1.54) is 6.07 Å². The van der Waals surface area contributed by atoms with Crippen LogP contribution in [0.15, 0.2) is 36.4 Å². The molecular weight excluding hydrogens is 447 g/mol. The molecule has 2 aromatic carbocycles. The van der Waals surface area contributed by atoms with Gasteiger partial charge < -0.3 is 19.7 Å². The van der Waals surface area contributed by atoms with Crippen LogP contribution >= 0.6 is 0 Å². The van der Waals surface area contributed by atoms with E-state index in [-0.39, 0.29) is 24.2 Å². The van der Waals surface area contributed by atoms with Crippen LogP contribution < -0.4 is 10.2 Å². The van der Waals surface area contributed by atoms with Crippen molar-refractivity contribution >= 4 is 23.8 Å². The van der Waals surface area contributed by atoms with E-state index in [9.17, 15) is 14.0 Å². The summed E-state index contributed by atoms with van der Waals surface area (Å²) in [5, 5.41) is 3.03. The number of nitrogens with zero attached hydrogens (tertiary/aromatic N) is 1. The molecule has 1 fully saturated rings. The van der Waals surface area contributed by atoms with Crippen LogP contribution in [0.2, 0.25) is 0 Å². The van der Waals surface area contributed by atoms with Crippen LogP contribution in [0, 0.1) is 18.7 Å². The summed E-state index contributed by atoms with van der Waals surface area (Å²) >= 11 is 0. The molecule has 0 radical (unpaired) electrons. The van der Waals surface area contributed by atoms with Crippen LogP contribution in [0.1, 0.15) is 62.8 Å². The van der Waals surface area contributed by atoms with E-state index in [0.717, 1.165) is 36.2 Å². The van der Waals surface area contributed by atoms with Gasteiger partial charge in [-0.3, -0.25) is 9.59 Å². The molecule has 1 aliphatic rings. The molecule has 0 spiro atoms. The first-order chi connectivity index (χ1) is 16.8. The monoisotopic (exact) mass is 484 g/mol. The van der Waals surface area contributed by atoms with Gasteiger partial charge in [0, 0.05) is 25.8 Å². The second-order valence-corrected chi connectivity index (χ2v) is 9.62. The minimum absolute atomic E-state index is 0.0702. The molecule has 1 heterocycles. The summed E-state index contributed by atoms with van der Waals surface area (Å²) in [5.74, 6) is -0.278. The van der Waals surface area contributed by atoms with Crippen LogP contribution in [0.25, 0.3) is 0 Å². The van der Waals surface area contributed by atoms with E-state index in [1.54, 1.807) is 12.1 Å². The van der Waals surface area contributed by atoms with Crippen LogP contribution in [-0.2, 0) is 25.5 Å². The summed E-state index contributed by atoms with van der Waals surface area (Å²) < 4.78 is 25.2. The third-order valence-corrected chi connectivity index (χ3v) is 6.32. The molecule has 7 heteroatoms. The van der Waals surface area contributed by atoms with Gasteiger partial charge in [0.15, 0.2) is 0 Å². The molecule has 35 heavy (non-hydrogen) atoms. The summed E-state index contributed by atoms with van der Waals surface area (Å²) in [6, 6.07) is 11.0. The lowest BCUT2D eigenvalue weighted by Crippen LogP contribution is -2.42. The molecule has 190 valence electrons. The van der Waals surface area contributed by atoms with Crippen molar-refractivity contribution in [3.63, 3.8) is 0 Å². The number of carbonyl (C=O) groups is 2. The van der Waals surface area contributed by atoms with Crippen LogP contribution in [-0.4, -0.2) is 38.2 Å². The highest BCUT2D eigenvalue weighted by Gasteiger charge is 2.26. The molecule has 3 rings (SSSR count). The van der Waals surface area contributed by atoms with Gasteiger partial charge in [-0.1, -0.05) is 39.0 Å². The normalized spacial score (nSPS) is 15.0. The maximum Gasteiger partial charge on any atom is 0.293 e. The van der Waals surface area contributed by atoms with Gasteiger partial charge in [-0.25, -0.2) is 4.39 Å². The predicted molar refractivity (Wildman–Crippen MR) is 136 cm³/mol. The van der Waals surface area contributed by atoms with Gasteiger partial charge in [0.1, 0.15) is 11.9 Å². The highest BCUT2D eigenvalue weighted by Crippen LogP contribution is 2.35. The number of rotatable bonds is 11. The van der Waals surface area contributed by atoms with Crippen molar-refractivity contribution in [2.75, 3.05) is 30.0 Å². The molecule has 1 N–H and O–H groups in total. The van der Waals surface area contributed by atoms with E-state index in [2.05, 4.69) is 24.1 Å². The molecule has 1 atom stereocenters. The van der Waals surface area contributed by atoms with Crippen molar-refractivity contribution in [1.82, 2.24) is 0 Å². The average Bonchev–Trinajstić information content (AvgIpc) is 2.83. The summed E-state index contributed by atoms with van der Waals surface area (Å²) in [5.41, 5.74) is 3.51. The Morgan fingerprint density at radius 1 is 1.23 bits per heavy atom. The molecule has 0 aliphatic carbocycles. The number of amides is 1. The Morgan fingerprint density at radius 3 is 2.60 bits per heavy atom. The molecule has 1 amide bonds. The fourth-order valence-corrected chi connectivity index (χ4v) is 4.58. The quantitative estimate of drug-likeness (QED) is 0.422. The molecule has 0 saturated carbocycles. The Morgan fingerprint density at radius 2 is 1.97 bits per heavy atom. The van der Waals surface area contributed by atoms with Gasteiger partial charge in [0.25, 0.3) is 6.47 Å². The molecular formula is C28H37FN2O4. The summed E-state index contributed by atoms with van der Waals surface area (Å²) in [6.45, 7) is 10.8. The number of nitrogens with one attached hydrogen (secondary N) is 1. The lowest BCUT2D eigenvalue weighted by molar-refractivity contribution is -0.134. The number of halogens is 1.